The lowest BCUT2D eigenvalue weighted by Gasteiger charge is -2.30. The number of aliphatic carboxylic acids is 1. The van der Waals surface area contributed by atoms with Gasteiger partial charge in [0, 0.05) is 18.6 Å². The van der Waals surface area contributed by atoms with E-state index in [1.54, 1.807) is 4.90 Å². The summed E-state index contributed by atoms with van der Waals surface area (Å²) in [7, 11) is 0. The Hall–Kier alpha value is -1.26. The van der Waals surface area contributed by atoms with Crippen LogP contribution in [0.15, 0.2) is 0 Å². The Morgan fingerprint density at radius 1 is 1.28 bits per heavy atom. The third-order valence-corrected chi connectivity index (χ3v) is 3.38. The molecule has 1 aliphatic carbocycles. The summed E-state index contributed by atoms with van der Waals surface area (Å²) in [6, 6.07) is 0.156. The van der Waals surface area contributed by atoms with Crippen molar-refractivity contribution in [2.24, 2.45) is 0 Å². The lowest BCUT2D eigenvalue weighted by atomic mass is 9.96. The molecule has 0 saturated heterocycles. The van der Waals surface area contributed by atoms with Gasteiger partial charge in [0.15, 0.2) is 0 Å². The molecule has 0 aromatic rings. The highest BCUT2D eigenvalue weighted by molar-refractivity contribution is 5.75. The average Bonchev–Trinajstić information content (AvgIpc) is 2.29. The second-order valence-corrected chi connectivity index (χ2v) is 5.22. The second-order valence-electron chi connectivity index (χ2n) is 5.22. The lowest BCUT2D eigenvalue weighted by Crippen LogP contribution is -2.48. The van der Waals surface area contributed by atoms with Crippen LogP contribution < -0.4 is 5.32 Å². The maximum atomic E-state index is 12.1. The maximum absolute atomic E-state index is 12.1. The monoisotopic (exact) mass is 256 g/mol. The molecular formula is C13H24N2O3. The van der Waals surface area contributed by atoms with E-state index in [-0.39, 0.29) is 31.1 Å². The van der Waals surface area contributed by atoms with E-state index in [4.69, 9.17) is 5.11 Å². The van der Waals surface area contributed by atoms with Gasteiger partial charge in [-0.1, -0.05) is 19.3 Å². The largest absolute Gasteiger partial charge is 0.481 e. The molecule has 2 amide bonds. The van der Waals surface area contributed by atoms with Gasteiger partial charge in [-0.3, -0.25) is 4.79 Å². The van der Waals surface area contributed by atoms with Crippen LogP contribution in [0.3, 0.4) is 0 Å². The van der Waals surface area contributed by atoms with Gasteiger partial charge in [-0.2, -0.15) is 0 Å². The molecule has 1 saturated carbocycles. The smallest absolute Gasteiger partial charge is 0.317 e. The quantitative estimate of drug-likeness (QED) is 0.792. The van der Waals surface area contributed by atoms with Gasteiger partial charge >= 0.3 is 12.0 Å². The Balaban J connectivity index is 2.45. The van der Waals surface area contributed by atoms with Crippen LogP contribution in [0.4, 0.5) is 4.79 Å². The van der Waals surface area contributed by atoms with E-state index < -0.39 is 5.97 Å². The molecule has 0 radical (unpaired) electrons. The number of nitrogens with one attached hydrogen (secondary N) is 1. The van der Waals surface area contributed by atoms with Gasteiger partial charge in [0.2, 0.25) is 0 Å². The Morgan fingerprint density at radius 3 is 2.39 bits per heavy atom. The lowest BCUT2D eigenvalue weighted by molar-refractivity contribution is -0.137. The predicted molar refractivity (Wildman–Crippen MR) is 69.5 cm³/mol. The maximum Gasteiger partial charge on any atom is 0.317 e. The predicted octanol–water partition coefficient (Wildman–Crippen LogP) is 2.21. The molecule has 0 atom stereocenters. The molecule has 18 heavy (non-hydrogen) atoms. The molecule has 0 aromatic heterocycles. The summed E-state index contributed by atoms with van der Waals surface area (Å²) < 4.78 is 0. The molecular weight excluding hydrogens is 232 g/mol. The first-order valence-corrected chi connectivity index (χ1v) is 6.79. The standard InChI is InChI=1S/C13H24N2O3/c1-10(2)15(9-8-12(16)17)13(18)14-11-6-4-3-5-7-11/h10-11H,3-9H2,1-2H3,(H,14,18)(H,16,17). The normalized spacial score (nSPS) is 16.6. The van der Waals surface area contributed by atoms with E-state index in [9.17, 15) is 9.59 Å². The molecule has 104 valence electrons. The fraction of sp³-hybridized carbons (Fsp3) is 0.846. The number of carboxylic acid groups (broad SMARTS) is 1. The third kappa shape index (κ3) is 4.94. The van der Waals surface area contributed by atoms with Crippen LogP contribution in [-0.2, 0) is 4.79 Å². The Morgan fingerprint density at radius 2 is 1.89 bits per heavy atom. The SMILES string of the molecule is CC(C)N(CCC(=O)O)C(=O)NC1CCCCC1. The van der Waals surface area contributed by atoms with Crippen molar-refractivity contribution in [3.63, 3.8) is 0 Å². The fourth-order valence-electron chi connectivity index (χ4n) is 2.31. The molecule has 0 bridgehead atoms. The molecule has 0 spiro atoms. The first kappa shape index (κ1) is 14.8. The minimum absolute atomic E-state index is 0.00370. The van der Waals surface area contributed by atoms with Crippen LogP contribution in [0.2, 0.25) is 0 Å². The molecule has 1 aliphatic rings. The van der Waals surface area contributed by atoms with E-state index in [1.165, 1.54) is 19.3 Å². The molecule has 5 nitrogen and oxygen atoms in total. The van der Waals surface area contributed by atoms with Gasteiger partial charge in [0.25, 0.3) is 0 Å². The second kappa shape index (κ2) is 7.24. The Kier molecular flexibility index (Phi) is 5.95. The number of nitrogens with zero attached hydrogens (tertiary/aromatic N) is 1. The molecule has 2 N–H and O–H groups in total. The van der Waals surface area contributed by atoms with E-state index in [0.717, 1.165) is 12.8 Å². The Bertz CT molecular complexity index is 286. The van der Waals surface area contributed by atoms with Gasteiger partial charge in [-0.15, -0.1) is 0 Å². The van der Waals surface area contributed by atoms with Crippen molar-refractivity contribution in [3.05, 3.63) is 0 Å². The van der Waals surface area contributed by atoms with E-state index in [0.29, 0.717) is 0 Å². The van der Waals surface area contributed by atoms with Crippen molar-refractivity contribution in [2.75, 3.05) is 6.54 Å². The molecule has 1 rings (SSSR count). The van der Waals surface area contributed by atoms with Crippen molar-refractivity contribution >= 4 is 12.0 Å². The number of hydrogen-bond donors (Lipinski definition) is 2. The number of amides is 2. The minimum atomic E-state index is -0.869. The van der Waals surface area contributed by atoms with Crippen LogP contribution in [0, 0.1) is 0 Å². The van der Waals surface area contributed by atoms with Crippen LogP contribution in [0.5, 0.6) is 0 Å². The third-order valence-electron chi connectivity index (χ3n) is 3.38. The molecule has 1 fully saturated rings. The zero-order valence-corrected chi connectivity index (χ0v) is 11.3. The van der Waals surface area contributed by atoms with Crippen molar-refractivity contribution in [1.29, 1.82) is 0 Å². The van der Waals surface area contributed by atoms with Crippen molar-refractivity contribution in [2.45, 2.75) is 64.5 Å². The fourth-order valence-corrected chi connectivity index (χ4v) is 2.31. The summed E-state index contributed by atoms with van der Waals surface area (Å²) >= 11 is 0. The first-order valence-electron chi connectivity index (χ1n) is 6.79. The highest BCUT2D eigenvalue weighted by Gasteiger charge is 2.22. The highest BCUT2D eigenvalue weighted by Crippen LogP contribution is 2.17. The summed E-state index contributed by atoms with van der Waals surface area (Å²) in [5.41, 5.74) is 0. The summed E-state index contributed by atoms with van der Waals surface area (Å²) in [6.45, 7) is 4.08. The van der Waals surface area contributed by atoms with Crippen molar-refractivity contribution < 1.29 is 14.7 Å². The number of rotatable bonds is 5. The first-order chi connectivity index (χ1) is 8.50. The molecule has 0 aromatic carbocycles. The minimum Gasteiger partial charge on any atom is -0.481 e. The van der Waals surface area contributed by atoms with Crippen molar-refractivity contribution in [3.8, 4) is 0 Å². The van der Waals surface area contributed by atoms with Gasteiger partial charge < -0.3 is 15.3 Å². The number of carbonyl (C=O) groups excluding carboxylic acids is 1. The van der Waals surface area contributed by atoms with E-state index in [2.05, 4.69) is 5.32 Å². The zero-order chi connectivity index (χ0) is 13.5. The Labute approximate surface area is 109 Å². The van der Waals surface area contributed by atoms with Gasteiger partial charge in [0.1, 0.15) is 0 Å². The average molecular weight is 256 g/mol. The summed E-state index contributed by atoms with van der Waals surface area (Å²) in [5, 5.41) is 11.7. The number of urea groups is 1. The molecule has 0 unspecified atom stereocenters. The van der Waals surface area contributed by atoms with Gasteiger partial charge in [0.05, 0.1) is 6.42 Å². The number of carboxylic acids is 1. The molecule has 0 aliphatic heterocycles. The highest BCUT2D eigenvalue weighted by atomic mass is 16.4. The molecule has 5 heteroatoms. The van der Waals surface area contributed by atoms with Gasteiger partial charge in [-0.05, 0) is 26.7 Å². The summed E-state index contributed by atoms with van der Waals surface area (Å²) in [6.07, 6.45) is 5.66. The van der Waals surface area contributed by atoms with Crippen LogP contribution >= 0.6 is 0 Å². The summed E-state index contributed by atoms with van der Waals surface area (Å²) in [5.74, 6) is -0.869. The summed E-state index contributed by atoms with van der Waals surface area (Å²) in [4.78, 5) is 24.3. The van der Waals surface area contributed by atoms with E-state index in [1.807, 2.05) is 13.8 Å². The van der Waals surface area contributed by atoms with Crippen LogP contribution in [0.1, 0.15) is 52.4 Å². The number of hydrogen-bond acceptors (Lipinski definition) is 2. The zero-order valence-electron chi connectivity index (χ0n) is 11.3. The molecule has 0 heterocycles. The van der Waals surface area contributed by atoms with Crippen LogP contribution in [-0.4, -0.2) is 40.6 Å². The topological polar surface area (TPSA) is 69.6 Å². The van der Waals surface area contributed by atoms with Crippen LogP contribution in [0.25, 0.3) is 0 Å². The number of carbonyl (C=O) groups is 2. The van der Waals surface area contributed by atoms with Gasteiger partial charge in [-0.25, -0.2) is 4.79 Å². The van der Waals surface area contributed by atoms with E-state index >= 15 is 0 Å². The van der Waals surface area contributed by atoms with Crippen molar-refractivity contribution in [1.82, 2.24) is 10.2 Å².